The van der Waals surface area contributed by atoms with Gasteiger partial charge in [-0.05, 0) is 47.2 Å². The second-order valence-electron chi connectivity index (χ2n) is 7.88. The SMILES string of the molecule is Cn1cc(C(=O)NCc2ccc(Cl)cc2)c(=O)c2cc(C(C)(C)CCO)ccc21. The number of rotatable bonds is 6. The minimum atomic E-state index is -0.414. The van der Waals surface area contributed by atoms with Gasteiger partial charge in [-0.15, -0.1) is 0 Å². The van der Waals surface area contributed by atoms with Crippen molar-refractivity contribution in [1.29, 1.82) is 0 Å². The number of nitrogens with one attached hydrogen (secondary N) is 1. The van der Waals surface area contributed by atoms with Crippen LogP contribution in [0.2, 0.25) is 5.02 Å². The van der Waals surface area contributed by atoms with E-state index in [1.54, 1.807) is 22.9 Å². The van der Waals surface area contributed by atoms with Gasteiger partial charge >= 0.3 is 0 Å². The van der Waals surface area contributed by atoms with Crippen LogP contribution in [0, 0.1) is 0 Å². The lowest BCUT2D eigenvalue weighted by atomic mass is 9.81. The molecule has 0 aliphatic carbocycles. The first-order valence-electron chi connectivity index (χ1n) is 9.50. The van der Waals surface area contributed by atoms with Crippen molar-refractivity contribution in [2.45, 2.75) is 32.2 Å². The Bertz CT molecular complexity index is 1100. The highest BCUT2D eigenvalue weighted by molar-refractivity contribution is 6.30. The molecule has 6 heteroatoms. The molecular formula is C23H25ClN2O3. The van der Waals surface area contributed by atoms with Gasteiger partial charge in [-0.3, -0.25) is 9.59 Å². The van der Waals surface area contributed by atoms with Gasteiger partial charge in [0, 0.05) is 36.8 Å². The molecule has 1 heterocycles. The van der Waals surface area contributed by atoms with E-state index in [9.17, 15) is 14.7 Å². The van der Waals surface area contributed by atoms with Gasteiger partial charge in [0.2, 0.25) is 5.43 Å². The first kappa shape index (κ1) is 21.1. The van der Waals surface area contributed by atoms with Crippen molar-refractivity contribution in [1.82, 2.24) is 9.88 Å². The molecule has 0 unspecified atom stereocenters. The maximum atomic E-state index is 13.1. The lowest BCUT2D eigenvalue weighted by molar-refractivity contribution is 0.0949. The molecule has 5 nitrogen and oxygen atoms in total. The van der Waals surface area contributed by atoms with Crippen molar-refractivity contribution < 1.29 is 9.90 Å². The zero-order valence-electron chi connectivity index (χ0n) is 16.8. The molecule has 0 saturated heterocycles. The van der Waals surface area contributed by atoms with Gasteiger partial charge < -0.3 is 15.0 Å². The molecule has 0 bridgehead atoms. The van der Waals surface area contributed by atoms with E-state index in [1.165, 1.54) is 0 Å². The molecular weight excluding hydrogens is 388 g/mol. The van der Waals surface area contributed by atoms with Crippen LogP contribution >= 0.6 is 11.6 Å². The minimum Gasteiger partial charge on any atom is -0.396 e. The molecule has 0 saturated carbocycles. The van der Waals surface area contributed by atoms with Gasteiger partial charge in [0.05, 0.1) is 5.52 Å². The number of aromatic nitrogens is 1. The normalized spacial score (nSPS) is 11.6. The van der Waals surface area contributed by atoms with Crippen LogP contribution in [0.4, 0.5) is 0 Å². The number of hydrogen-bond acceptors (Lipinski definition) is 3. The average Bonchev–Trinajstić information content (AvgIpc) is 2.69. The third kappa shape index (κ3) is 4.52. The van der Waals surface area contributed by atoms with E-state index in [4.69, 9.17) is 11.6 Å². The second kappa shape index (κ2) is 8.39. The summed E-state index contributed by atoms with van der Waals surface area (Å²) in [5.74, 6) is -0.414. The van der Waals surface area contributed by atoms with Crippen molar-refractivity contribution in [2.75, 3.05) is 6.61 Å². The Kier molecular flexibility index (Phi) is 6.10. The largest absolute Gasteiger partial charge is 0.396 e. The van der Waals surface area contributed by atoms with Crippen LogP contribution in [-0.4, -0.2) is 22.2 Å². The molecule has 0 fully saturated rings. The van der Waals surface area contributed by atoms with Gasteiger partial charge in [0.25, 0.3) is 5.91 Å². The molecule has 1 amide bonds. The summed E-state index contributed by atoms with van der Waals surface area (Å²) >= 11 is 5.88. The summed E-state index contributed by atoms with van der Waals surface area (Å²) < 4.78 is 1.79. The van der Waals surface area contributed by atoms with Crippen LogP contribution in [0.25, 0.3) is 10.9 Å². The molecule has 3 aromatic rings. The van der Waals surface area contributed by atoms with Crippen LogP contribution in [-0.2, 0) is 19.0 Å². The van der Waals surface area contributed by atoms with Gasteiger partial charge in [-0.25, -0.2) is 0 Å². The van der Waals surface area contributed by atoms with E-state index < -0.39 is 5.91 Å². The monoisotopic (exact) mass is 412 g/mol. The quantitative estimate of drug-likeness (QED) is 0.647. The predicted molar refractivity (Wildman–Crippen MR) is 117 cm³/mol. The Morgan fingerprint density at radius 1 is 1.17 bits per heavy atom. The molecule has 1 aromatic heterocycles. The Morgan fingerprint density at radius 3 is 2.52 bits per heavy atom. The summed E-state index contributed by atoms with van der Waals surface area (Å²) in [6.07, 6.45) is 2.15. The number of pyridine rings is 1. The molecule has 0 atom stereocenters. The molecule has 2 aromatic carbocycles. The molecule has 0 aliphatic heterocycles. The fourth-order valence-electron chi connectivity index (χ4n) is 3.38. The maximum Gasteiger partial charge on any atom is 0.257 e. The standard InChI is InChI=1S/C23H25ClN2O3/c1-23(2,10-11-27)16-6-9-20-18(12-16)21(28)19(14-26(20)3)22(29)25-13-15-4-7-17(24)8-5-15/h4-9,12,14,27H,10-11,13H2,1-3H3,(H,25,29). The Morgan fingerprint density at radius 2 is 1.86 bits per heavy atom. The zero-order valence-corrected chi connectivity index (χ0v) is 17.6. The molecule has 0 spiro atoms. The smallest absolute Gasteiger partial charge is 0.257 e. The van der Waals surface area contributed by atoms with E-state index in [0.29, 0.717) is 23.4 Å². The molecule has 152 valence electrons. The Balaban J connectivity index is 1.95. The number of halogens is 1. The number of amides is 1. The van der Waals surface area contributed by atoms with E-state index in [0.717, 1.165) is 16.6 Å². The number of aliphatic hydroxyl groups excluding tert-OH is 1. The summed E-state index contributed by atoms with van der Waals surface area (Å²) in [6.45, 7) is 4.42. The highest BCUT2D eigenvalue weighted by Gasteiger charge is 2.22. The van der Waals surface area contributed by atoms with Crippen molar-refractivity contribution >= 4 is 28.4 Å². The van der Waals surface area contributed by atoms with Crippen LogP contribution in [0.5, 0.6) is 0 Å². The van der Waals surface area contributed by atoms with Crippen molar-refractivity contribution in [3.63, 3.8) is 0 Å². The molecule has 0 aliphatic rings. The zero-order chi connectivity index (χ0) is 21.2. The van der Waals surface area contributed by atoms with Crippen LogP contribution in [0.15, 0.2) is 53.5 Å². The number of hydrogen-bond donors (Lipinski definition) is 2. The van der Waals surface area contributed by atoms with Gasteiger partial charge in [-0.2, -0.15) is 0 Å². The van der Waals surface area contributed by atoms with Crippen LogP contribution in [0.3, 0.4) is 0 Å². The summed E-state index contributed by atoms with van der Waals surface area (Å²) in [5, 5.41) is 13.3. The molecule has 3 rings (SSSR count). The highest BCUT2D eigenvalue weighted by Crippen LogP contribution is 2.28. The van der Waals surface area contributed by atoms with Crippen molar-refractivity contribution in [2.24, 2.45) is 7.05 Å². The molecule has 29 heavy (non-hydrogen) atoms. The third-order valence-electron chi connectivity index (χ3n) is 5.32. The van der Waals surface area contributed by atoms with Crippen LogP contribution in [0.1, 0.15) is 41.8 Å². The summed E-state index contributed by atoms with van der Waals surface area (Å²) in [4.78, 5) is 25.8. The third-order valence-corrected chi connectivity index (χ3v) is 5.57. The summed E-state index contributed by atoms with van der Waals surface area (Å²) in [5.41, 5.74) is 2.14. The fraction of sp³-hybridized carbons (Fsp3) is 0.304. The van der Waals surface area contributed by atoms with E-state index >= 15 is 0 Å². The predicted octanol–water partition coefficient (Wildman–Crippen LogP) is 3.78. The lowest BCUT2D eigenvalue weighted by Crippen LogP contribution is -2.29. The first-order valence-corrected chi connectivity index (χ1v) is 9.88. The minimum absolute atomic E-state index is 0.0657. The molecule has 2 N–H and O–H groups in total. The number of nitrogens with zero attached hydrogens (tertiary/aromatic N) is 1. The lowest BCUT2D eigenvalue weighted by Gasteiger charge is -2.25. The first-order chi connectivity index (χ1) is 13.7. The Labute approximate surface area is 174 Å². The number of benzene rings is 2. The summed E-state index contributed by atoms with van der Waals surface area (Å²) in [6, 6.07) is 12.9. The molecule has 0 radical (unpaired) electrons. The van der Waals surface area contributed by atoms with Crippen molar-refractivity contribution in [3.8, 4) is 0 Å². The van der Waals surface area contributed by atoms with E-state index in [1.807, 2.05) is 51.2 Å². The highest BCUT2D eigenvalue weighted by atomic mass is 35.5. The van der Waals surface area contributed by atoms with Gasteiger partial charge in [0.15, 0.2) is 0 Å². The van der Waals surface area contributed by atoms with Gasteiger partial charge in [-0.1, -0.05) is 43.6 Å². The second-order valence-corrected chi connectivity index (χ2v) is 8.32. The van der Waals surface area contributed by atoms with E-state index in [-0.39, 0.29) is 23.0 Å². The topological polar surface area (TPSA) is 71.3 Å². The number of aliphatic hydroxyl groups is 1. The maximum absolute atomic E-state index is 13.1. The number of carbonyl (C=O) groups is 1. The van der Waals surface area contributed by atoms with E-state index in [2.05, 4.69) is 5.32 Å². The average molecular weight is 413 g/mol. The number of carbonyl (C=O) groups excluding carboxylic acids is 1. The van der Waals surface area contributed by atoms with Crippen LogP contribution < -0.4 is 10.7 Å². The Hall–Kier alpha value is -2.63. The summed E-state index contributed by atoms with van der Waals surface area (Å²) in [7, 11) is 1.82. The number of aryl methyl sites for hydroxylation is 1. The number of fused-ring (bicyclic) bond motifs is 1. The van der Waals surface area contributed by atoms with Gasteiger partial charge in [0.1, 0.15) is 5.56 Å². The fourth-order valence-corrected chi connectivity index (χ4v) is 3.50. The van der Waals surface area contributed by atoms with Crippen molar-refractivity contribution in [3.05, 3.63) is 80.6 Å².